The summed E-state index contributed by atoms with van der Waals surface area (Å²) in [6.07, 6.45) is -1.93. The van der Waals surface area contributed by atoms with Gasteiger partial charge in [-0.2, -0.15) is 0 Å². The van der Waals surface area contributed by atoms with E-state index < -0.39 is 17.9 Å². The van der Waals surface area contributed by atoms with E-state index in [0.29, 0.717) is 0 Å². The van der Waals surface area contributed by atoms with Crippen LogP contribution in [0.3, 0.4) is 0 Å². The Morgan fingerprint density at radius 1 is 1.54 bits per heavy atom. The van der Waals surface area contributed by atoms with E-state index in [1.165, 1.54) is 0 Å². The van der Waals surface area contributed by atoms with Crippen molar-refractivity contribution >= 4 is 34.2 Å². The average molecular weight is 321 g/mol. The molecule has 72 valence electrons. The molecule has 0 bridgehead atoms. The fourth-order valence-corrected chi connectivity index (χ4v) is 2.10. The van der Waals surface area contributed by atoms with Crippen LogP contribution in [0.4, 0.5) is 13.2 Å². The summed E-state index contributed by atoms with van der Waals surface area (Å²) in [6, 6.07) is 0. The summed E-state index contributed by atoms with van der Waals surface area (Å²) in [5, 5.41) is 0. The van der Waals surface area contributed by atoms with Gasteiger partial charge in [0.05, 0.1) is 12.1 Å². The number of aromatic nitrogens is 1. The molecule has 0 aromatic carbocycles. The van der Waals surface area contributed by atoms with E-state index in [9.17, 15) is 13.2 Å². The van der Waals surface area contributed by atoms with E-state index in [2.05, 4.69) is 4.98 Å². The zero-order valence-electron chi connectivity index (χ0n) is 6.20. The van der Waals surface area contributed by atoms with Crippen molar-refractivity contribution in [1.82, 2.24) is 4.98 Å². The summed E-state index contributed by atoms with van der Waals surface area (Å²) < 4.78 is 37.5. The molecule has 6 heteroatoms. The van der Waals surface area contributed by atoms with Crippen LogP contribution in [0.15, 0.2) is 6.20 Å². The van der Waals surface area contributed by atoms with Crippen LogP contribution in [0, 0.1) is 9.39 Å². The van der Waals surface area contributed by atoms with E-state index in [0.717, 1.165) is 6.20 Å². The maximum Gasteiger partial charge on any atom is 0.281 e. The van der Waals surface area contributed by atoms with Gasteiger partial charge in [-0.3, -0.25) is 4.98 Å². The molecule has 0 fully saturated rings. The quantitative estimate of drug-likeness (QED) is 0.600. The molecule has 0 aliphatic heterocycles. The highest BCUT2D eigenvalue weighted by atomic mass is 127. The molecule has 0 unspecified atom stereocenters. The minimum Gasteiger partial charge on any atom is -0.251 e. The Hall–Kier alpha value is -0.0400. The van der Waals surface area contributed by atoms with Crippen molar-refractivity contribution in [1.29, 1.82) is 0 Å². The highest BCUT2D eigenvalue weighted by Crippen LogP contribution is 2.27. The van der Waals surface area contributed by atoms with Gasteiger partial charge in [-0.15, -0.1) is 11.6 Å². The second-order valence-corrected chi connectivity index (χ2v) is 3.56. The summed E-state index contributed by atoms with van der Waals surface area (Å²) in [6.45, 7) is 0. The van der Waals surface area contributed by atoms with E-state index in [4.69, 9.17) is 11.6 Å². The molecule has 0 atom stereocenters. The van der Waals surface area contributed by atoms with Gasteiger partial charge in [0.15, 0.2) is 0 Å². The number of alkyl halides is 3. The average Bonchev–Trinajstić information content (AvgIpc) is 2.04. The third kappa shape index (κ3) is 2.25. The molecule has 1 rings (SSSR count). The van der Waals surface area contributed by atoms with Crippen molar-refractivity contribution in [3.63, 3.8) is 0 Å². The van der Waals surface area contributed by atoms with Crippen LogP contribution in [-0.2, 0) is 5.88 Å². The number of hydrogen-bond acceptors (Lipinski definition) is 1. The van der Waals surface area contributed by atoms with Gasteiger partial charge in [-0.05, 0) is 22.6 Å². The zero-order valence-corrected chi connectivity index (χ0v) is 9.11. The van der Waals surface area contributed by atoms with Crippen LogP contribution in [0.25, 0.3) is 0 Å². The largest absolute Gasteiger partial charge is 0.281 e. The second-order valence-electron chi connectivity index (χ2n) is 2.22. The lowest BCUT2D eigenvalue weighted by Crippen LogP contribution is -2.01. The number of halogens is 5. The number of hydrogen-bond donors (Lipinski definition) is 0. The molecule has 13 heavy (non-hydrogen) atoms. The lowest BCUT2D eigenvalue weighted by molar-refractivity contribution is 0.144. The Labute approximate surface area is 91.4 Å². The van der Waals surface area contributed by atoms with E-state index >= 15 is 0 Å². The fraction of sp³-hybridized carbons (Fsp3) is 0.286. The normalized spacial score (nSPS) is 10.9. The van der Waals surface area contributed by atoms with E-state index in [1.807, 2.05) is 0 Å². The van der Waals surface area contributed by atoms with E-state index in [1.54, 1.807) is 22.6 Å². The standard InChI is InChI=1S/C7H4ClF3IN/c8-1-3-4(9)2-13-6(5(3)12)7(10)11/h2,7H,1H2. The van der Waals surface area contributed by atoms with Crippen molar-refractivity contribution < 1.29 is 13.2 Å². The van der Waals surface area contributed by atoms with Gasteiger partial charge in [-0.25, -0.2) is 13.2 Å². The van der Waals surface area contributed by atoms with Crippen LogP contribution in [0.2, 0.25) is 0 Å². The number of nitrogens with zero attached hydrogens (tertiary/aromatic N) is 1. The van der Waals surface area contributed by atoms with Gasteiger partial charge in [0.1, 0.15) is 11.5 Å². The molecule has 1 aromatic rings. The minimum absolute atomic E-state index is 0.0765. The van der Waals surface area contributed by atoms with Crippen molar-refractivity contribution in [2.45, 2.75) is 12.3 Å². The second kappa shape index (κ2) is 4.45. The Balaban J connectivity index is 3.27. The highest BCUT2D eigenvalue weighted by Gasteiger charge is 2.18. The molecular formula is C7H4ClF3IN. The summed E-state index contributed by atoms with van der Waals surface area (Å²) in [7, 11) is 0. The minimum atomic E-state index is -2.70. The molecule has 0 saturated carbocycles. The summed E-state index contributed by atoms with van der Waals surface area (Å²) >= 11 is 7.01. The first-order valence-electron chi connectivity index (χ1n) is 3.24. The molecule has 0 saturated heterocycles. The van der Waals surface area contributed by atoms with Gasteiger partial charge >= 0.3 is 0 Å². The zero-order chi connectivity index (χ0) is 10.0. The molecule has 1 aromatic heterocycles. The van der Waals surface area contributed by atoms with Crippen LogP contribution in [-0.4, -0.2) is 4.98 Å². The molecule has 1 nitrogen and oxygen atoms in total. The molecule has 1 heterocycles. The first kappa shape index (κ1) is 11.0. The van der Waals surface area contributed by atoms with Crippen molar-refractivity contribution in [2.24, 2.45) is 0 Å². The first-order valence-corrected chi connectivity index (χ1v) is 4.86. The molecule has 0 aliphatic carbocycles. The summed E-state index contributed by atoms with van der Waals surface area (Å²) in [5.74, 6) is -0.782. The van der Waals surface area contributed by atoms with Crippen LogP contribution < -0.4 is 0 Å². The molecule has 0 spiro atoms. The molecule has 0 radical (unpaired) electrons. The van der Waals surface area contributed by atoms with Gasteiger partial charge in [-0.1, -0.05) is 0 Å². The highest BCUT2D eigenvalue weighted by molar-refractivity contribution is 14.1. The van der Waals surface area contributed by atoms with Crippen molar-refractivity contribution in [3.8, 4) is 0 Å². The third-order valence-electron chi connectivity index (χ3n) is 1.44. The Morgan fingerprint density at radius 3 is 2.62 bits per heavy atom. The van der Waals surface area contributed by atoms with Gasteiger partial charge in [0.2, 0.25) is 0 Å². The number of pyridine rings is 1. The molecule has 0 amide bonds. The molecular weight excluding hydrogens is 317 g/mol. The van der Waals surface area contributed by atoms with Crippen LogP contribution in [0.5, 0.6) is 0 Å². The topological polar surface area (TPSA) is 12.9 Å². The smallest absolute Gasteiger partial charge is 0.251 e. The Morgan fingerprint density at radius 2 is 2.15 bits per heavy atom. The fourth-order valence-electron chi connectivity index (χ4n) is 0.795. The summed E-state index contributed by atoms with van der Waals surface area (Å²) in [4.78, 5) is 3.29. The van der Waals surface area contributed by atoms with Gasteiger partial charge in [0.25, 0.3) is 6.43 Å². The predicted molar refractivity (Wildman–Crippen MR) is 51.4 cm³/mol. The molecule has 0 aliphatic rings. The maximum atomic E-state index is 12.9. The Bertz CT molecular complexity index is 319. The Kier molecular flexibility index (Phi) is 3.78. The van der Waals surface area contributed by atoms with Crippen molar-refractivity contribution in [2.75, 3.05) is 0 Å². The monoisotopic (exact) mass is 321 g/mol. The van der Waals surface area contributed by atoms with Crippen LogP contribution >= 0.6 is 34.2 Å². The maximum absolute atomic E-state index is 12.9. The predicted octanol–water partition coefficient (Wildman–Crippen LogP) is 3.50. The van der Waals surface area contributed by atoms with Crippen LogP contribution in [0.1, 0.15) is 17.7 Å². The lowest BCUT2D eigenvalue weighted by Gasteiger charge is -2.06. The van der Waals surface area contributed by atoms with Gasteiger partial charge in [0, 0.05) is 9.13 Å². The lowest BCUT2D eigenvalue weighted by atomic mass is 10.2. The van der Waals surface area contributed by atoms with E-state index in [-0.39, 0.29) is 15.0 Å². The van der Waals surface area contributed by atoms with Gasteiger partial charge < -0.3 is 0 Å². The molecule has 0 N–H and O–H groups in total. The third-order valence-corrected chi connectivity index (χ3v) is 2.91. The summed E-state index contributed by atoms with van der Waals surface area (Å²) in [5.41, 5.74) is -0.342. The SMILES string of the molecule is Fc1cnc(C(F)F)c(I)c1CCl. The van der Waals surface area contributed by atoms with Crippen molar-refractivity contribution in [3.05, 3.63) is 26.8 Å². The number of rotatable bonds is 2. The first-order chi connectivity index (χ1) is 6.07.